The lowest BCUT2D eigenvalue weighted by atomic mass is 10.1. The van der Waals surface area contributed by atoms with Gasteiger partial charge in [0.2, 0.25) is 0 Å². The highest BCUT2D eigenvalue weighted by Crippen LogP contribution is 2.23. The first-order valence-corrected chi connectivity index (χ1v) is 11.0. The maximum atomic E-state index is 13.3. The molecule has 164 valence electrons. The molecule has 0 saturated carbocycles. The van der Waals surface area contributed by atoms with Crippen LogP contribution in [0.2, 0.25) is 0 Å². The summed E-state index contributed by atoms with van der Waals surface area (Å²) in [6.45, 7) is 8.95. The summed E-state index contributed by atoms with van der Waals surface area (Å²) in [6.07, 6.45) is 0.774. The van der Waals surface area contributed by atoms with Crippen LogP contribution in [0.5, 0.6) is 0 Å². The van der Waals surface area contributed by atoms with Crippen LogP contribution in [0.3, 0.4) is 0 Å². The first-order chi connectivity index (χ1) is 15.0. The zero-order valence-electron chi connectivity index (χ0n) is 18.3. The predicted octanol–water partition coefficient (Wildman–Crippen LogP) is 3.70. The quantitative estimate of drug-likeness (QED) is 0.631. The Balaban J connectivity index is 1.47. The fraction of sp³-hybridized carbons (Fsp3) is 0.400. The van der Waals surface area contributed by atoms with E-state index in [-0.39, 0.29) is 12.4 Å². The fourth-order valence-corrected chi connectivity index (χ4v) is 4.51. The van der Waals surface area contributed by atoms with E-state index in [2.05, 4.69) is 41.0 Å². The van der Waals surface area contributed by atoms with Gasteiger partial charge in [0, 0.05) is 56.6 Å². The largest absolute Gasteiger partial charge is 0.396 e. The number of aryl methyl sites for hydroxylation is 1. The second-order valence-electron chi connectivity index (χ2n) is 8.39. The first-order valence-electron chi connectivity index (χ1n) is 11.0. The van der Waals surface area contributed by atoms with Gasteiger partial charge in [0.1, 0.15) is 5.82 Å². The minimum Gasteiger partial charge on any atom is -0.396 e. The minimum atomic E-state index is -0.242. The summed E-state index contributed by atoms with van der Waals surface area (Å²) in [7, 11) is 0. The van der Waals surface area contributed by atoms with E-state index in [0.717, 1.165) is 56.2 Å². The molecule has 1 aliphatic rings. The monoisotopic (exact) mass is 422 g/mol. The van der Waals surface area contributed by atoms with E-state index < -0.39 is 0 Å². The van der Waals surface area contributed by atoms with Crippen molar-refractivity contribution < 1.29 is 9.50 Å². The smallest absolute Gasteiger partial charge is 0.123 e. The van der Waals surface area contributed by atoms with Gasteiger partial charge in [-0.15, -0.1) is 0 Å². The fourth-order valence-electron chi connectivity index (χ4n) is 4.51. The van der Waals surface area contributed by atoms with Crippen LogP contribution in [0, 0.1) is 19.7 Å². The van der Waals surface area contributed by atoms with Crippen molar-refractivity contribution in [1.82, 2.24) is 19.6 Å². The summed E-state index contributed by atoms with van der Waals surface area (Å²) in [5.74, 6) is -0.242. The van der Waals surface area contributed by atoms with Gasteiger partial charge in [0.25, 0.3) is 0 Å². The van der Waals surface area contributed by atoms with E-state index in [1.807, 2.05) is 17.7 Å². The molecule has 1 aliphatic heterocycles. The molecule has 0 amide bonds. The Morgan fingerprint density at radius 2 is 1.74 bits per heavy atom. The van der Waals surface area contributed by atoms with E-state index in [9.17, 15) is 9.50 Å². The third kappa shape index (κ3) is 5.03. The van der Waals surface area contributed by atoms with Crippen molar-refractivity contribution in [3.8, 4) is 5.69 Å². The number of aromatic nitrogens is 2. The molecule has 1 aromatic heterocycles. The maximum Gasteiger partial charge on any atom is 0.123 e. The molecule has 1 saturated heterocycles. The molecular formula is C25H31FN4O. The predicted molar refractivity (Wildman–Crippen MR) is 121 cm³/mol. The Labute approximate surface area is 183 Å². The molecule has 0 aliphatic carbocycles. The van der Waals surface area contributed by atoms with Gasteiger partial charge in [0.15, 0.2) is 0 Å². The lowest BCUT2D eigenvalue weighted by Crippen LogP contribution is -2.52. The summed E-state index contributed by atoms with van der Waals surface area (Å²) in [4.78, 5) is 4.96. The van der Waals surface area contributed by atoms with Crippen molar-refractivity contribution in [3.63, 3.8) is 0 Å². The van der Waals surface area contributed by atoms with Crippen LogP contribution < -0.4 is 0 Å². The first kappa shape index (κ1) is 21.7. The number of hydrogen-bond donors (Lipinski definition) is 1. The van der Waals surface area contributed by atoms with Crippen LogP contribution in [0.1, 0.15) is 28.9 Å². The second-order valence-corrected chi connectivity index (χ2v) is 8.39. The van der Waals surface area contributed by atoms with Crippen molar-refractivity contribution in [1.29, 1.82) is 0 Å². The van der Waals surface area contributed by atoms with Crippen molar-refractivity contribution in [2.75, 3.05) is 26.2 Å². The molecule has 5 nitrogen and oxygen atoms in total. The van der Waals surface area contributed by atoms with E-state index in [1.165, 1.54) is 23.3 Å². The average Bonchev–Trinajstić information content (AvgIpc) is 3.05. The molecule has 3 aromatic rings. The highest BCUT2D eigenvalue weighted by molar-refractivity contribution is 5.37. The van der Waals surface area contributed by atoms with Crippen LogP contribution in [0.4, 0.5) is 4.39 Å². The van der Waals surface area contributed by atoms with Crippen LogP contribution in [-0.4, -0.2) is 57.0 Å². The number of piperazine rings is 1. The molecule has 4 rings (SSSR count). The van der Waals surface area contributed by atoms with Crippen molar-refractivity contribution >= 4 is 0 Å². The average molecular weight is 423 g/mol. The summed E-state index contributed by atoms with van der Waals surface area (Å²) in [6, 6.07) is 17.3. The van der Waals surface area contributed by atoms with E-state index in [4.69, 9.17) is 5.10 Å². The highest BCUT2D eigenvalue weighted by Gasteiger charge is 2.28. The molecule has 0 unspecified atom stereocenters. The molecule has 31 heavy (non-hydrogen) atoms. The molecule has 1 fully saturated rings. The van der Waals surface area contributed by atoms with Gasteiger partial charge < -0.3 is 5.11 Å². The van der Waals surface area contributed by atoms with Crippen molar-refractivity contribution in [3.05, 3.63) is 82.9 Å². The Morgan fingerprint density at radius 3 is 2.45 bits per heavy atom. The van der Waals surface area contributed by atoms with Gasteiger partial charge in [-0.1, -0.05) is 30.3 Å². The number of rotatable bonds is 7. The summed E-state index contributed by atoms with van der Waals surface area (Å²) in [5, 5.41) is 14.3. The second kappa shape index (κ2) is 9.73. The lowest BCUT2D eigenvalue weighted by Gasteiger charge is -2.41. The Bertz CT molecular complexity index is 987. The van der Waals surface area contributed by atoms with Crippen LogP contribution in [0.25, 0.3) is 5.69 Å². The lowest BCUT2D eigenvalue weighted by molar-refractivity contribution is 0.0498. The summed E-state index contributed by atoms with van der Waals surface area (Å²) >= 11 is 0. The normalized spacial score (nSPS) is 17.9. The highest BCUT2D eigenvalue weighted by atomic mass is 19.1. The molecule has 0 spiro atoms. The molecule has 0 radical (unpaired) electrons. The van der Waals surface area contributed by atoms with E-state index in [0.29, 0.717) is 6.04 Å². The van der Waals surface area contributed by atoms with Crippen molar-refractivity contribution in [2.45, 2.75) is 39.4 Å². The molecule has 0 bridgehead atoms. The van der Waals surface area contributed by atoms with Gasteiger partial charge in [-0.25, -0.2) is 9.07 Å². The summed E-state index contributed by atoms with van der Waals surface area (Å²) in [5.41, 5.74) is 5.51. The molecule has 6 heteroatoms. The molecule has 1 N–H and O–H groups in total. The maximum absolute atomic E-state index is 13.3. The number of aliphatic hydroxyl groups is 1. The van der Waals surface area contributed by atoms with Crippen LogP contribution >= 0.6 is 0 Å². The molecule has 1 atom stereocenters. The van der Waals surface area contributed by atoms with Gasteiger partial charge in [-0.05, 0) is 50.1 Å². The number of benzene rings is 2. The number of aliphatic hydroxyl groups excluding tert-OH is 1. The van der Waals surface area contributed by atoms with Gasteiger partial charge in [-0.2, -0.15) is 5.10 Å². The van der Waals surface area contributed by atoms with E-state index in [1.54, 1.807) is 12.1 Å². The zero-order chi connectivity index (χ0) is 21.8. The Morgan fingerprint density at radius 1 is 1.00 bits per heavy atom. The van der Waals surface area contributed by atoms with E-state index >= 15 is 0 Å². The summed E-state index contributed by atoms with van der Waals surface area (Å²) < 4.78 is 15.2. The Hall–Kier alpha value is -2.54. The Kier molecular flexibility index (Phi) is 6.80. The van der Waals surface area contributed by atoms with Gasteiger partial charge in [0.05, 0.1) is 11.4 Å². The third-order valence-corrected chi connectivity index (χ3v) is 6.27. The molecular weight excluding hydrogens is 391 g/mol. The standard InChI is InChI=1S/C25H31FN4O/c1-19-25(20(2)30(27-19)23-10-8-22(26)9-11-23)18-28-13-14-29(24(17-28)12-15-31)16-21-6-4-3-5-7-21/h3-11,24,31H,12-18H2,1-2H3/t24-/m1/s1. The van der Waals surface area contributed by atoms with Crippen LogP contribution in [0.15, 0.2) is 54.6 Å². The number of hydrogen-bond acceptors (Lipinski definition) is 4. The number of halogens is 1. The van der Waals surface area contributed by atoms with Crippen molar-refractivity contribution in [2.24, 2.45) is 0 Å². The molecule has 2 aromatic carbocycles. The van der Waals surface area contributed by atoms with Crippen LogP contribution in [-0.2, 0) is 13.1 Å². The van der Waals surface area contributed by atoms with Gasteiger partial charge in [-0.3, -0.25) is 9.80 Å². The third-order valence-electron chi connectivity index (χ3n) is 6.27. The van der Waals surface area contributed by atoms with Gasteiger partial charge >= 0.3 is 0 Å². The SMILES string of the molecule is Cc1nn(-c2ccc(F)cc2)c(C)c1CN1CCN(Cc2ccccc2)[C@H](CCO)C1. The number of nitrogens with zero attached hydrogens (tertiary/aromatic N) is 4. The zero-order valence-corrected chi connectivity index (χ0v) is 18.3. The topological polar surface area (TPSA) is 44.5 Å². The minimum absolute atomic E-state index is 0.199. The molecule has 2 heterocycles.